The average Bonchev–Trinajstić information content (AvgIpc) is 2.26. The predicted molar refractivity (Wildman–Crippen MR) is 74.1 cm³/mol. The summed E-state index contributed by atoms with van der Waals surface area (Å²) < 4.78 is 13.7. The summed E-state index contributed by atoms with van der Waals surface area (Å²) in [5.74, 6) is -0.557. The van der Waals surface area contributed by atoms with Crippen LogP contribution in [0.5, 0.6) is 0 Å². The van der Waals surface area contributed by atoms with E-state index in [2.05, 4.69) is 27.8 Å². The molecule has 0 unspecified atom stereocenters. The van der Waals surface area contributed by atoms with Crippen LogP contribution in [0.1, 0.15) is 24.9 Å². The van der Waals surface area contributed by atoms with E-state index < -0.39 is 0 Å². The summed E-state index contributed by atoms with van der Waals surface area (Å²) >= 11 is 3.29. The number of hydrogen-bond donors (Lipinski definition) is 2. The highest BCUT2D eigenvalue weighted by Gasteiger charge is 2.27. The minimum absolute atomic E-state index is 0.0116. The minimum atomic E-state index is -0.338. The van der Waals surface area contributed by atoms with E-state index in [1.54, 1.807) is 6.07 Å². The van der Waals surface area contributed by atoms with E-state index >= 15 is 0 Å². The second kappa shape index (κ2) is 5.17. The van der Waals surface area contributed by atoms with Gasteiger partial charge in [-0.3, -0.25) is 4.79 Å². The molecule has 5 heteroatoms. The van der Waals surface area contributed by atoms with Gasteiger partial charge in [-0.15, -0.1) is 0 Å². The van der Waals surface area contributed by atoms with Crippen LogP contribution in [-0.4, -0.2) is 10.9 Å². The number of ketones is 1. The van der Waals surface area contributed by atoms with Crippen molar-refractivity contribution in [2.24, 2.45) is 0 Å². The lowest BCUT2D eigenvalue weighted by atomic mass is 9.93. The summed E-state index contributed by atoms with van der Waals surface area (Å²) in [6.45, 7) is 5.13. The first-order chi connectivity index (χ1) is 8.90. The number of carbonyl (C=O) groups is 1. The first kappa shape index (κ1) is 13.8. The number of hydrogen-bond acceptors (Lipinski definition) is 3. The molecule has 3 nitrogen and oxygen atoms in total. The minimum Gasteiger partial charge on any atom is -0.511 e. The normalized spacial score (nSPS) is 19.3. The molecule has 1 aromatic rings. The van der Waals surface area contributed by atoms with Crippen molar-refractivity contribution in [2.75, 3.05) is 0 Å². The molecule has 0 aliphatic carbocycles. The summed E-state index contributed by atoms with van der Waals surface area (Å²) in [6.07, 6.45) is 0.262. The third kappa shape index (κ3) is 2.71. The number of allylic oxidation sites excluding steroid dienone is 1. The topological polar surface area (TPSA) is 49.3 Å². The Morgan fingerprint density at radius 3 is 2.79 bits per heavy atom. The van der Waals surface area contributed by atoms with E-state index in [4.69, 9.17) is 0 Å². The summed E-state index contributed by atoms with van der Waals surface area (Å²) in [5.41, 5.74) is 1.42. The summed E-state index contributed by atoms with van der Waals surface area (Å²) in [5, 5.41) is 13.0. The van der Waals surface area contributed by atoms with Gasteiger partial charge in [0.1, 0.15) is 11.6 Å². The Hall–Kier alpha value is -1.62. The molecule has 2 N–H and O–H groups in total. The molecule has 0 spiro atoms. The van der Waals surface area contributed by atoms with E-state index in [0.29, 0.717) is 10.2 Å². The molecule has 0 radical (unpaired) electrons. The third-order valence-electron chi connectivity index (χ3n) is 3.03. The molecule has 1 aliphatic rings. The van der Waals surface area contributed by atoms with Crippen molar-refractivity contribution < 1.29 is 14.3 Å². The first-order valence-corrected chi connectivity index (χ1v) is 6.53. The van der Waals surface area contributed by atoms with Crippen molar-refractivity contribution in [3.05, 3.63) is 57.7 Å². The average molecular weight is 326 g/mol. The second-order valence-corrected chi connectivity index (χ2v) is 5.28. The van der Waals surface area contributed by atoms with Gasteiger partial charge in [-0.05, 0) is 24.6 Å². The lowest BCUT2D eigenvalue weighted by Gasteiger charge is -2.28. The zero-order valence-electron chi connectivity index (χ0n) is 10.3. The Bertz CT molecular complexity index is 595. The van der Waals surface area contributed by atoms with Crippen molar-refractivity contribution in [1.29, 1.82) is 0 Å². The van der Waals surface area contributed by atoms with Crippen LogP contribution in [0.2, 0.25) is 0 Å². The highest BCUT2D eigenvalue weighted by molar-refractivity contribution is 9.10. The number of aliphatic hydroxyl groups is 1. The molecular formula is C14H13BrFNO2. The van der Waals surface area contributed by atoms with Crippen LogP contribution in [0.3, 0.4) is 0 Å². The molecule has 1 atom stereocenters. The monoisotopic (exact) mass is 325 g/mol. The third-order valence-corrected chi connectivity index (χ3v) is 3.71. The number of rotatable bonds is 2. The van der Waals surface area contributed by atoms with Gasteiger partial charge in [0, 0.05) is 16.6 Å². The zero-order valence-corrected chi connectivity index (χ0v) is 11.9. The maximum absolute atomic E-state index is 13.1. The lowest BCUT2D eigenvalue weighted by molar-refractivity contribution is -0.113. The van der Waals surface area contributed by atoms with Crippen LogP contribution < -0.4 is 5.32 Å². The summed E-state index contributed by atoms with van der Waals surface area (Å²) in [6, 6.07) is 4.11. The van der Waals surface area contributed by atoms with Crippen LogP contribution in [0, 0.1) is 5.82 Å². The van der Waals surface area contributed by atoms with Gasteiger partial charge >= 0.3 is 0 Å². The number of benzene rings is 1. The fraction of sp³-hybridized carbons (Fsp3) is 0.214. The Morgan fingerprint density at radius 2 is 2.26 bits per heavy atom. The van der Waals surface area contributed by atoms with Gasteiger partial charge in [0.2, 0.25) is 0 Å². The lowest BCUT2D eigenvalue weighted by Crippen LogP contribution is -2.29. The van der Waals surface area contributed by atoms with Crippen LogP contribution in [-0.2, 0) is 4.79 Å². The number of halogens is 2. The van der Waals surface area contributed by atoms with Crippen LogP contribution in [0.25, 0.3) is 0 Å². The van der Waals surface area contributed by atoms with Gasteiger partial charge in [-0.25, -0.2) is 4.39 Å². The van der Waals surface area contributed by atoms with E-state index in [1.165, 1.54) is 19.1 Å². The second-order valence-electron chi connectivity index (χ2n) is 4.42. The van der Waals surface area contributed by atoms with Gasteiger partial charge in [-0.1, -0.05) is 28.6 Å². The SMILES string of the molecule is C=C1N[C@@H](c2ccc(F)cc2Br)CC(O)=C1C(C)=O. The van der Waals surface area contributed by atoms with E-state index in [9.17, 15) is 14.3 Å². The number of nitrogens with one attached hydrogen (secondary N) is 1. The van der Waals surface area contributed by atoms with Gasteiger partial charge in [0.25, 0.3) is 0 Å². The highest BCUT2D eigenvalue weighted by Crippen LogP contribution is 2.34. The van der Waals surface area contributed by atoms with Gasteiger partial charge in [0.05, 0.1) is 11.6 Å². The van der Waals surface area contributed by atoms with Crippen molar-refractivity contribution in [3.63, 3.8) is 0 Å². The van der Waals surface area contributed by atoms with Crippen LogP contribution >= 0.6 is 15.9 Å². The molecule has 19 heavy (non-hydrogen) atoms. The highest BCUT2D eigenvalue weighted by atomic mass is 79.9. The molecule has 0 saturated carbocycles. The van der Waals surface area contributed by atoms with Crippen molar-refractivity contribution in [3.8, 4) is 0 Å². The Balaban J connectivity index is 2.36. The molecule has 1 aromatic carbocycles. The molecule has 1 heterocycles. The number of carbonyl (C=O) groups excluding carboxylic acids is 1. The molecule has 0 fully saturated rings. The summed E-state index contributed by atoms with van der Waals surface area (Å²) in [4.78, 5) is 11.4. The molecule has 0 amide bonds. The molecule has 0 bridgehead atoms. The number of aliphatic hydroxyl groups excluding tert-OH is 1. The number of Topliss-reactive ketones (excluding diaryl/α,β-unsaturated/α-hetero) is 1. The molecule has 0 aromatic heterocycles. The maximum atomic E-state index is 13.1. The maximum Gasteiger partial charge on any atom is 0.165 e. The van der Waals surface area contributed by atoms with Crippen molar-refractivity contribution in [1.82, 2.24) is 5.32 Å². The zero-order chi connectivity index (χ0) is 14.2. The smallest absolute Gasteiger partial charge is 0.165 e. The molecule has 100 valence electrons. The van der Waals surface area contributed by atoms with Gasteiger partial charge < -0.3 is 10.4 Å². The molecular weight excluding hydrogens is 313 g/mol. The standard InChI is InChI=1S/C14H13BrFNO2/c1-7-14(8(2)18)13(19)6-12(17-7)10-4-3-9(16)5-11(10)15/h3-5,12,17,19H,1,6H2,2H3/t12-/m1/s1. The van der Waals surface area contributed by atoms with E-state index in [0.717, 1.165) is 5.56 Å². The largest absolute Gasteiger partial charge is 0.511 e. The van der Waals surface area contributed by atoms with Crippen LogP contribution in [0.4, 0.5) is 4.39 Å². The Labute approximate surface area is 119 Å². The predicted octanol–water partition coefficient (Wildman–Crippen LogP) is 3.54. The first-order valence-electron chi connectivity index (χ1n) is 5.74. The van der Waals surface area contributed by atoms with Crippen molar-refractivity contribution >= 4 is 21.7 Å². The Morgan fingerprint density at radius 1 is 1.58 bits per heavy atom. The molecule has 1 aliphatic heterocycles. The van der Waals surface area contributed by atoms with Gasteiger partial charge in [-0.2, -0.15) is 0 Å². The van der Waals surface area contributed by atoms with Gasteiger partial charge in [0.15, 0.2) is 5.78 Å². The quantitative estimate of drug-likeness (QED) is 0.874. The Kier molecular flexibility index (Phi) is 3.75. The molecule has 0 saturated heterocycles. The fourth-order valence-corrected chi connectivity index (χ4v) is 2.82. The fourth-order valence-electron chi connectivity index (χ4n) is 2.19. The van der Waals surface area contributed by atoms with Crippen LogP contribution in [0.15, 0.2) is 46.3 Å². The van der Waals surface area contributed by atoms with Crippen molar-refractivity contribution in [2.45, 2.75) is 19.4 Å². The molecule has 2 rings (SSSR count). The summed E-state index contributed by atoms with van der Waals surface area (Å²) in [7, 11) is 0. The van der Waals surface area contributed by atoms with E-state index in [-0.39, 0.29) is 35.4 Å². The van der Waals surface area contributed by atoms with E-state index in [1.807, 2.05) is 0 Å².